The molecule has 0 saturated carbocycles. The maximum absolute atomic E-state index is 13.0. The Labute approximate surface area is 144 Å². The molecule has 0 spiro atoms. The first-order valence-corrected chi connectivity index (χ1v) is 8.63. The maximum atomic E-state index is 13.0. The van der Waals surface area contributed by atoms with Crippen molar-refractivity contribution in [3.05, 3.63) is 65.4 Å². The highest BCUT2D eigenvalue weighted by atomic mass is 79.9. The number of halogens is 1. The number of ether oxygens (including phenoxy) is 1. The molecule has 3 aromatic rings. The van der Waals surface area contributed by atoms with Gasteiger partial charge >= 0.3 is 0 Å². The van der Waals surface area contributed by atoms with Crippen molar-refractivity contribution in [2.45, 2.75) is 13.3 Å². The van der Waals surface area contributed by atoms with E-state index in [1.807, 2.05) is 60.0 Å². The van der Waals surface area contributed by atoms with E-state index in [-0.39, 0.29) is 5.91 Å². The third-order valence-electron chi connectivity index (χ3n) is 4.11. The number of alkyl halides is 1. The van der Waals surface area contributed by atoms with Gasteiger partial charge in [-0.15, -0.1) is 0 Å². The van der Waals surface area contributed by atoms with Gasteiger partial charge in [0.2, 0.25) is 0 Å². The number of benzene rings is 2. The fourth-order valence-electron chi connectivity index (χ4n) is 2.97. The standard InChI is InChI=1S/C19H18BrNO2/c1-13-16(10-11-20)17-12-15(23-2)8-9-18(17)21(13)19(22)14-6-4-3-5-7-14/h3-9,12H,10-11H2,1-2H3. The first-order chi connectivity index (χ1) is 11.2. The van der Waals surface area contributed by atoms with Crippen LogP contribution in [0, 0.1) is 6.92 Å². The van der Waals surface area contributed by atoms with Crippen molar-refractivity contribution in [1.82, 2.24) is 4.57 Å². The Kier molecular flexibility index (Phi) is 4.53. The lowest BCUT2D eigenvalue weighted by Gasteiger charge is -2.07. The second-order valence-corrected chi connectivity index (χ2v) is 6.19. The molecule has 1 aromatic heterocycles. The smallest absolute Gasteiger partial charge is 0.262 e. The zero-order valence-electron chi connectivity index (χ0n) is 13.2. The molecule has 0 saturated heterocycles. The number of carbonyl (C=O) groups is 1. The lowest BCUT2D eigenvalue weighted by atomic mass is 10.1. The van der Waals surface area contributed by atoms with Crippen LogP contribution in [0.2, 0.25) is 0 Å². The number of methoxy groups -OCH3 is 1. The van der Waals surface area contributed by atoms with Gasteiger partial charge < -0.3 is 4.74 Å². The molecule has 0 aliphatic carbocycles. The second-order valence-electron chi connectivity index (χ2n) is 5.39. The fraction of sp³-hybridized carbons (Fsp3) is 0.211. The molecule has 4 heteroatoms. The number of carbonyl (C=O) groups excluding carboxylic acids is 1. The molecule has 0 aliphatic heterocycles. The molecule has 0 unspecified atom stereocenters. The molecule has 3 rings (SSSR count). The quantitative estimate of drug-likeness (QED) is 0.628. The highest BCUT2D eigenvalue weighted by Crippen LogP contribution is 2.30. The number of hydrogen-bond acceptors (Lipinski definition) is 2. The molecule has 1 heterocycles. The molecule has 0 amide bonds. The van der Waals surface area contributed by atoms with Gasteiger partial charge in [-0.3, -0.25) is 9.36 Å². The fourth-order valence-corrected chi connectivity index (χ4v) is 3.37. The largest absolute Gasteiger partial charge is 0.497 e. The van der Waals surface area contributed by atoms with Gasteiger partial charge in [0.1, 0.15) is 5.75 Å². The zero-order chi connectivity index (χ0) is 16.4. The number of fused-ring (bicyclic) bond motifs is 1. The first-order valence-electron chi connectivity index (χ1n) is 7.51. The average Bonchev–Trinajstić information content (AvgIpc) is 2.87. The van der Waals surface area contributed by atoms with Gasteiger partial charge in [-0.05, 0) is 49.2 Å². The zero-order valence-corrected chi connectivity index (χ0v) is 14.8. The normalized spacial score (nSPS) is 10.9. The Balaban J connectivity index is 2.24. The van der Waals surface area contributed by atoms with E-state index in [9.17, 15) is 4.79 Å². The summed E-state index contributed by atoms with van der Waals surface area (Å²) in [6, 6.07) is 15.2. The number of aromatic nitrogens is 1. The van der Waals surface area contributed by atoms with Gasteiger partial charge in [0.25, 0.3) is 5.91 Å². The van der Waals surface area contributed by atoms with E-state index < -0.39 is 0 Å². The molecule has 0 bridgehead atoms. The van der Waals surface area contributed by atoms with E-state index in [0.29, 0.717) is 5.56 Å². The molecule has 3 nitrogen and oxygen atoms in total. The van der Waals surface area contributed by atoms with Crippen LogP contribution in [0.25, 0.3) is 10.9 Å². The minimum Gasteiger partial charge on any atom is -0.497 e. The molecule has 0 atom stereocenters. The molecule has 0 N–H and O–H groups in total. The van der Waals surface area contributed by atoms with Crippen LogP contribution in [0.15, 0.2) is 48.5 Å². The minimum absolute atomic E-state index is 0.000843. The third kappa shape index (κ3) is 2.79. The Morgan fingerprint density at radius 2 is 1.91 bits per heavy atom. The third-order valence-corrected chi connectivity index (χ3v) is 4.51. The van der Waals surface area contributed by atoms with Gasteiger partial charge in [0, 0.05) is 22.0 Å². The Morgan fingerprint density at radius 1 is 1.17 bits per heavy atom. The van der Waals surface area contributed by atoms with E-state index in [4.69, 9.17) is 4.74 Å². The van der Waals surface area contributed by atoms with Crippen LogP contribution in [0.1, 0.15) is 21.6 Å². The van der Waals surface area contributed by atoms with Crippen LogP contribution >= 0.6 is 15.9 Å². The molecular weight excluding hydrogens is 354 g/mol. The van der Waals surface area contributed by atoms with Crippen molar-refractivity contribution in [3.8, 4) is 5.75 Å². The van der Waals surface area contributed by atoms with Crippen LogP contribution in [-0.2, 0) is 6.42 Å². The summed E-state index contributed by atoms with van der Waals surface area (Å²) in [5.41, 5.74) is 3.78. The van der Waals surface area contributed by atoms with Crippen molar-refractivity contribution >= 4 is 32.7 Å². The second kappa shape index (κ2) is 6.59. The van der Waals surface area contributed by atoms with Crippen LogP contribution in [0.5, 0.6) is 5.75 Å². The number of hydrogen-bond donors (Lipinski definition) is 0. The summed E-state index contributed by atoms with van der Waals surface area (Å²) in [5, 5.41) is 1.93. The van der Waals surface area contributed by atoms with Crippen molar-refractivity contribution in [2.75, 3.05) is 12.4 Å². The number of rotatable bonds is 4. The average molecular weight is 372 g/mol. The lowest BCUT2D eigenvalue weighted by Crippen LogP contribution is -2.13. The molecule has 0 fully saturated rings. The summed E-state index contributed by atoms with van der Waals surface area (Å²) < 4.78 is 7.15. The van der Waals surface area contributed by atoms with E-state index in [1.54, 1.807) is 7.11 Å². The number of nitrogens with zero attached hydrogens (tertiary/aromatic N) is 1. The summed E-state index contributed by atoms with van der Waals surface area (Å²) in [6.07, 6.45) is 0.866. The molecule has 118 valence electrons. The van der Waals surface area contributed by atoms with Gasteiger partial charge in [-0.2, -0.15) is 0 Å². The summed E-state index contributed by atoms with van der Waals surface area (Å²) in [7, 11) is 1.66. The van der Waals surface area contributed by atoms with Crippen LogP contribution in [0.3, 0.4) is 0 Å². The van der Waals surface area contributed by atoms with Gasteiger partial charge in [0.05, 0.1) is 12.6 Å². The van der Waals surface area contributed by atoms with E-state index in [2.05, 4.69) is 15.9 Å². The first kappa shape index (κ1) is 15.8. The maximum Gasteiger partial charge on any atom is 0.262 e. The van der Waals surface area contributed by atoms with Crippen molar-refractivity contribution < 1.29 is 9.53 Å². The van der Waals surface area contributed by atoms with Gasteiger partial charge in [0.15, 0.2) is 0 Å². The lowest BCUT2D eigenvalue weighted by molar-refractivity contribution is 0.0963. The monoisotopic (exact) mass is 371 g/mol. The van der Waals surface area contributed by atoms with Gasteiger partial charge in [-0.25, -0.2) is 0 Å². The summed E-state index contributed by atoms with van der Waals surface area (Å²) in [4.78, 5) is 13.0. The van der Waals surface area contributed by atoms with E-state index >= 15 is 0 Å². The van der Waals surface area contributed by atoms with Crippen molar-refractivity contribution in [3.63, 3.8) is 0 Å². The predicted molar refractivity (Wildman–Crippen MR) is 96.9 cm³/mol. The summed E-state index contributed by atoms with van der Waals surface area (Å²) >= 11 is 3.51. The highest BCUT2D eigenvalue weighted by Gasteiger charge is 2.19. The number of aryl methyl sites for hydroxylation is 1. The Hall–Kier alpha value is -2.07. The van der Waals surface area contributed by atoms with Crippen LogP contribution in [0.4, 0.5) is 0 Å². The summed E-state index contributed by atoms with van der Waals surface area (Å²) in [5.74, 6) is 0.803. The van der Waals surface area contributed by atoms with Crippen molar-refractivity contribution in [2.24, 2.45) is 0 Å². The topological polar surface area (TPSA) is 31.2 Å². The SMILES string of the molecule is COc1ccc2c(c1)c(CCBr)c(C)n2C(=O)c1ccccc1. The Morgan fingerprint density at radius 3 is 2.57 bits per heavy atom. The van der Waals surface area contributed by atoms with Crippen LogP contribution in [-0.4, -0.2) is 22.9 Å². The molecule has 0 radical (unpaired) electrons. The predicted octanol–water partition coefficient (Wildman–Crippen LogP) is 4.58. The molecule has 2 aromatic carbocycles. The molecule has 23 heavy (non-hydrogen) atoms. The highest BCUT2D eigenvalue weighted by molar-refractivity contribution is 9.09. The summed E-state index contributed by atoms with van der Waals surface area (Å²) in [6.45, 7) is 2.01. The molecular formula is C19H18BrNO2. The van der Waals surface area contributed by atoms with Gasteiger partial charge in [-0.1, -0.05) is 34.1 Å². The van der Waals surface area contributed by atoms with Crippen LogP contribution < -0.4 is 4.74 Å². The molecule has 0 aliphatic rings. The van der Waals surface area contributed by atoms with E-state index in [0.717, 1.165) is 34.1 Å². The minimum atomic E-state index is -0.000843. The van der Waals surface area contributed by atoms with E-state index in [1.165, 1.54) is 5.56 Å². The Bertz CT molecular complexity index is 853. The van der Waals surface area contributed by atoms with Crippen molar-refractivity contribution in [1.29, 1.82) is 0 Å².